The first-order valence-electron chi connectivity index (χ1n) is 4.78. The van der Waals surface area contributed by atoms with Gasteiger partial charge < -0.3 is 14.4 Å². The van der Waals surface area contributed by atoms with Gasteiger partial charge in [-0.25, -0.2) is 15.6 Å². The van der Waals surface area contributed by atoms with Crippen LogP contribution in [-0.4, -0.2) is 60.9 Å². The second-order valence-corrected chi connectivity index (χ2v) is 3.46. The maximum Gasteiger partial charge on any atom is 0.425 e. The van der Waals surface area contributed by atoms with Gasteiger partial charge in [0, 0.05) is 13.1 Å². The van der Waals surface area contributed by atoms with Gasteiger partial charge in [-0.05, 0) is 0 Å². The number of nitrogens with zero attached hydrogens (tertiary/aromatic N) is 2. The summed E-state index contributed by atoms with van der Waals surface area (Å²) in [6.45, 7) is 2.25. The molecule has 15 heavy (non-hydrogen) atoms. The molecule has 1 atom stereocenters. The Hall–Kier alpha value is -1.34. The summed E-state index contributed by atoms with van der Waals surface area (Å²) < 4.78 is 9.94. The summed E-state index contributed by atoms with van der Waals surface area (Å²) in [6.07, 6.45) is -1.41. The van der Waals surface area contributed by atoms with Gasteiger partial charge in [0.1, 0.15) is 0 Å². The molecule has 2 N–H and O–H groups in total. The molecule has 0 saturated carbocycles. The molecule has 2 rings (SSSR count). The minimum atomic E-state index is -0.763. The van der Waals surface area contributed by atoms with Crippen molar-refractivity contribution >= 4 is 12.0 Å². The molecule has 84 valence electrons. The summed E-state index contributed by atoms with van der Waals surface area (Å²) in [6, 6.07) is 0. The van der Waals surface area contributed by atoms with E-state index in [4.69, 9.17) is 15.3 Å². The highest BCUT2D eigenvalue weighted by atomic mass is 16.6. The van der Waals surface area contributed by atoms with Crippen molar-refractivity contribution in [2.24, 2.45) is 5.84 Å². The average molecular weight is 215 g/mol. The van der Waals surface area contributed by atoms with Crippen molar-refractivity contribution in [1.29, 1.82) is 0 Å². The highest BCUT2D eigenvalue weighted by Crippen LogP contribution is 2.11. The van der Waals surface area contributed by atoms with Gasteiger partial charge in [-0.3, -0.25) is 4.79 Å². The fourth-order valence-electron chi connectivity index (χ4n) is 1.60. The number of nitrogens with two attached hydrogens (primary N) is 1. The molecule has 2 heterocycles. The van der Waals surface area contributed by atoms with Crippen LogP contribution < -0.4 is 5.84 Å². The first kappa shape index (κ1) is 10.2. The van der Waals surface area contributed by atoms with E-state index >= 15 is 0 Å². The van der Waals surface area contributed by atoms with E-state index in [0.717, 1.165) is 5.01 Å². The van der Waals surface area contributed by atoms with Gasteiger partial charge in [-0.1, -0.05) is 0 Å². The smallest absolute Gasteiger partial charge is 0.425 e. The van der Waals surface area contributed by atoms with E-state index in [1.807, 2.05) is 0 Å². The van der Waals surface area contributed by atoms with Crippen LogP contribution in [0.5, 0.6) is 0 Å². The average Bonchev–Trinajstić information content (AvgIpc) is 2.59. The zero-order valence-corrected chi connectivity index (χ0v) is 8.22. The third kappa shape index (κ3) is 2.02. The van der Waals surface area contributed by atoms with E-state index in [-0.39, 0.29) is 12.5 Å². The Morgan fingerprint density at radius 3 is 2.60 bits per heavy atom. The molecule has 0 unspecified atom stereocenters. The summed E-state index contributed by atoms with van der Waals surface area (Å²) in [7, 11) is 0. The second-order valence-electron chi connectivity index (χ2n) is 3.46. The first-order chi connectivity index (χ1) is 7.18. The van der Waals surface area contributed by atoms with Crippen molar-refractivity contribution in [1.82, 2.24) is 9.91 Å². The third-order valence-electron chi connectivity index (χ3n) is 2.44. The zero-order chi connectivity index (χ0) is 10.8. The lowest BCUT2D eigenvalue weighted by Gasteiger charge is -2.28. The number of morpholine rings is 1. The maximum atomic E-state index is 11.8. The Labute approximate surface area is 86.7 Å². The topological polar surface area (TPSA) is 85.1 Å². The van der Waals surface area contributed by atoms with Gasteiger partial charge >= 0.3 is 6.09 Å². The van der Waals surface area contributed by atoms with Crippen LogP contribution in [-0.2, 0) is 14.3 Å². The lowest BCUT2D eigenvalue weighted by Crippen LogP contribution is -2.47. The number of cyclic esters (lactones) is 1. The van der Waals surface area contributed by atoms with E-state index in [1.165, 1.54) is 0 Å². The van der Waals surface area contributed by atoms with Gasteiger partial charge in [0.05, 0.1) is 19.8 Å². The summed E-state index contributed by atoms with van der Waals surface area (Å²) >= 11 is 0. The number of rotatable bonds is 1. The molecule has 0 aromatic carbocycles. The summed E-state index contributed by atoms with van der Waals surface area (Å²) in [4.78, 5) is 24.4. The van der Waals surface area contributed by atoms with Crippen LogP contribution in [0.25, 0.3) is 0 Å². The lowest BCUT2D eigenvalue weighted by molar-refractivity contribution is -0.142. The molecule has 0 radical (unpaired) electrons. The molecule has 7 nitrogen and oxygen atoms in total. The van der Waals surface area contributed by atoms with Gasteiger partial charge in [-0.15, -0.1) is 0 Å². The molecule has 2 amide bonds. The highest BCUT2D eigenvalue weighted by molar-refractivity contribution is 5.86. The molecule has 2 saturated heterocycles. The van der Waals surface area contributed by atoms with Crippen molar-refractivity contribution in [3.63, 3.8) is 0 Å². The number of hydrogen-bond acceptors (Lipinski definition) is 5. The van der Waals surface area contributed by atoms with Crippen LogP contribution in [0.1, 0.15) is 0 Å². The number of hydrogen-bond donors (Lipinski definition) is 1. The summed E-state index contributed by atoms with van der Waals surface area (Å²) in [5, 5.41) is 0.906. The summed E-state index contributed by atoms with van der Waals surface area (Å²) in [5.41, 5.74) is 0. The standard InChI is InChI=1S/C8H13N3O4/c9-11-5-6(15-8(11)13)7(12)10-1-3-14-4-2-10/h6H,1-5,9H2/t6-/m0/s1. The number of hydrazine groups is 1. The molecule has 2 aliphatic heterocycles. The Morgan fingerprint density at radius 2 is 2.07 bits per heavy atom. The van der Waals surface area contributed by atoms with Gasteiger partial charge in [0.15, 0.2) is 0 Å². The molecule has 0 spiro atoms. The molecule has 0 aromatic heterocycles. The Kier molecular flexibility index (Phi) is 2.74. The van der Waals surface area contributed by atoms with Crippen LogP contribution in [0, 0.1) is 0 Å². The van der Waals surface area contributed by atoms with E-state index in [9.17, 15) is 9.59 Å². The molecule has 2 fully saturated rings. The van der Waals surface area contributed by atoms with E-state index in [0.29, 0.717) is 26.3 Å². The maximum absolute atomic E-state index is 11.8. The van der Waals surface area contributed by atoms with Crippen LogP contribution in [0.2, 0.25) is 0 Å². The molecular weight excluding hydrogens is 202 g/mol. The van der Waals surface area contributed by atoms with Crippen molar-refractivity contribution in [2.75, 3.05) is 32.8 Å². The number of amides is 2. The third-order valence-corrected chi connectivity index (χ3v) is 2.44. The van der Waals surface area contributed by atoms with Crippen molar-refractivity contribution in [3.05, 3.63) is 0 Å². The van der Waals surface area contributed by atoms with Gasteiger partial charge in [0.2, 0.25) is 6.10 Å². The van der Waals surface area contributed by atoms with E-state index in [1.54, 1.807) is 4.90 Å². The highest BCUT2D eigenvalue weighted by Gasteiger charge is 2.37. The van der Waals surface area contributed by atoms with Crippen molar-refractivity contribution in [3.8, 4) is 0 Å². The second kappa shape index (κ2) is 4.03. The van der Waals surface area contributed by atoms with Crippen LogP contribution >= 0.6 is 0 Å². The quantitative estimate of drug-likeness (QED) is 0.427. The van der Waals surface area contributed by atoms with Crippen molar-refractivity contribution in [2.45, 2.75) is 6.10 Å². The molecule has 0 aromatic rings. The van der Waals surface area contributed by atoms with E-state index in [2.05, 4.69) is 0 Å². The normalized spacial score (nSPS) is 26.7. The van der Waals surface area contributed by atoms with Crippen LogP contribution in [0.15, 0.2) is 0 Å². The fraction of sp³-hybridized carbons (Fsp3) is 0.750. The molecule has 2 aliphatic rings. The summed E-state index contributed by atoms with van der Waals surface area (Å²) in [5.74, 6) is 5.10. The molecule has 0 bridgehead atoms. The van der Waals surface area contributed by atoms with Crippen LogP contribution in [0.4, 0.5) is 4.79 Å². The zero-order valence-electron chi connectivity index (χ0n) is 8.22. The molecule has 0 aliphatic carbocycles. The predicted octanol–water partition coefficient (Wildman–Crippen LogP) is -1.46. The first-order valence-corrected chi connectivity index (χ1v) is 4.78. The van der Waals surface area contributed by atoms with Gasteiger partial charge in [0.25, 0.3) is 5.91 Å². The lowest BCUT2D eigenvalue weighted by atomic mass is 10.3. The van der Waals surface area contributed by atoms with Crippen LogP contribution in [0.3, 0.4) is 0 Å². The van der Waals surface area contributed by atoms with Gasteiger partial charge in [-0.2, -0.15) is 0 Å². The Morgan fingerprint density at radius 1 is 1.40 bits per heavy atom. The number of ether oxygens (including phenoxy) is 2. The fourth-order valence-corrected chi connectivity index (χ4v) is 1.60. The number of carbonyl (C=O) groups excluding carboxylic acids is 2. The SMILES string of the molecule is NN1C[C@@H](C(=O)N2CCOCC2)OC1=O. The molecular formula is C8H13N3O4. The minimum Gasteiger partial charge on any atom is -0.433 e. The minimum absolute atomic E-state index is 0.120. The van der Waals surface area contributed by atoms with Crippen molar-refractivity contribution < 1.29 is 19.1 Å². The largest absolute Gasteiger partial charge is 0.433 e. The predicted molar refractivity (Wildman–Crippen MR) is 48.6 cm³/mol. The number of carbonyl (C=O) groups is 2. The monoisotopic (exact) mass is 215 g/mol. The molecule has 7 heteroatoms. The Balaban J connectivity index is 1.93. The Bertz CT molecular complexity index is 277. The van der Waals surface area contributed by atoms with E-state index < -0.39 is 12.2 Å².